The molecule has 104 valence electrons. The highest BCUT2D eigenvalue weighted by Gasteiger charge is 2.19. The number of ether oxygens (including phenoxy) is 1. The third-order valence-electron chi connectivity index (χ3n) is 3.16. The van der Waals surface area contributed by atoms with E-state index in [4.69, 9.17) is 4.74 Å². The molecule has 0 atom stereocenters. The van der Waals surface area contributed by atoms with Crippen molar-refractivity contribution in [2.24, 2.45) is 0 Å². The zero-order valence-corrected chi connectivity index (χ0v) is 11.2. The minimum absolute atomic E-state index is 0.286. The van der Waals surface area contributed by atoms with Crippen molar-refractivity contribution < 1.29 is 13.9 Å². The Kier molecular flexibility index (Phi) is 3.31. The maximum absolute atomic E-state index is 13.3. The van der Waals surface area contributed by atoms with Gasteiger partial charge in [0.15, 0.2) is 0 Å². The summed E-state index contributed by atoms with van der Waals surface area (Å²) in [5.41, 5.74) is 1.77. The van der Waals surface area contributed by atoms with Crippen LogP contribution >= 0.6 is 0 Å². The molecule has 4 nitrogen and oxygen atoms in total. The maximum Gasteiger partial charge on any atom is 0.340 e. The van der Waals surface area contributed by atoms with Crippen molar-refractivity contribution in [3.63, 3.8) is 0 Å². The predicted molar refractivity (Wildman–Crippen MR) is 76.3 cm³/mol. The molecule has 0 saturated heterocycles. The van der Waals surface area contributed by atoms with Gasteiger partial charge in [-0.15, -0.1) is 10.2 Å². The molecule has 0 spiro atoms. The topological polar surface area (TPSA) is 52.1 Å². The van der Waals surface area contributed by atoms with E-state index in [-0.39, 0.29) is 5.56 Å². The first-order chi connectivity index (χ1) is 10.2. The fourth-order valence-electron chi connectivity index (χ4n) is 2.19. The van der Waals surface area contributed by atoms with Gasteiger partial charge in [-0.1, -0.05) is 30.3 Å². The fraction of sp³-hybridized carbons (Fsp3) is 0.0625. The Morgan fingerprint density at radius 1 is 1.10 bits per heavy atom. The molecule has 0 aliphatic carbocycles. The first-order valence-corrected chi connectivity index (χ1v) is 6.30. The van der Waals surface area contributed by atoms with Crippen molar-refractivity contribution in [1.29, 1.82) is 0 Å². The predicted octanol–water partition coefficient (Wildman–Crippen LogP) is 3.22. The number of aromatic nitrogens is 2. The highest BCUT2D eigenvalue weighted by Crippen LogP contribution is 2.27. The Labute approximate surface area is 120 Å². The third kappa shape index (κ3) is 2.33. The van der Waals surface area contributed by atoms with Crippen LogP contribution in [0, 0.1) is 5.82 Å². The van der Waals surface area contributed by atoms with Crippen LogP contribution in [0.3, 0.4) is 0 Å². The number of halogens is 1. The van der Waals surface area contributed by atoms with Gasteiger partial charge in [0.05, 0.1) is 18.2 Å². The van der Waals surface area contributed by atoms with Gasteiger partial charge in [0, 0.05) is 17.0 Å². The Hall–Kier alpha value is -2.82. The molecule has 0 aliphatic heterocycles. The van der Waals surface area contributed by atoms with E-state index in [9.17, 15) is 9.18 Å². The van der Waals surface area contributed by atoms with Crippen molar-refractivity contribution in [2.45, 2.75) is 0 Å². The van der Waals surface area contributed by atoms with Crippen LogP contribution in [0.25, 0.3) is 22.2 Å². The van der Waals surface area contributed by atoms with E-state index in [0.717, 1.165) is 5.56 Å². The van der Waals surface area contributed by atoms with Gasteiger partial charge in [0.2, 0.25) is 0 Å². The molecule has 0 saturated carbocycles. The van der Waals surface area contributed by atoms with Crippen LogP contribution in [0.4, 0.5) is 4.39 Å². The smallest absolute Gasteiger partial charge is 0.340 e. The molecule has 0 N–H and O–H groups in total. The number of esters is 1. The summed E-state index contributed by atoms with van der Waals surface area (Å²) in [5.74, 6) is -0.958. The summed E-state index contributed by atoms with van der Waals surface area (Å²) in [4.78, 5) is 12.1. The molecule has 0 aliphatic rings. The van der Waals surface area contributed by atoms with E-state index in [0.29, 0.717) is 16.6 Å². The van der Waals surface area contributed by atoms with Gasteiger partial charge in [0.25, 0.3) is 0 Å². The number of rotatable bonds is 2. The van der Waals surface area contributed by atoms with Crippen molar-refractivity contribution >= 4 is 16.9 Å². The summed E-state index contributed by atoms with van der Waals surface area (Å²) >= 11 is 0. The summed E-state index contributed by atoms with van der Waals surface area (Å²) < 4.78 is 18.1. The molecule has 21 heavy (non-hydrogen) atoms. The lowest BCUT2D eigenvalue weighted by Crippen LogP contribution is -2.07. The van der Waals surface area contributed by atoms with E-state index >= 15 is 0 Å². The standard InChI is InChI=1S/C16H11FN2O2/c1-21-16(20)14-12-8-7-11(17)9-13(12)18-19-15(14)10-5-3-2-4-6-10/h2-9H,1H3. The molecule has 1 heterocycles. The number of nitrogens with zero attached hydrogens (tertiary/aromatic N) is 2. The molecule has 0 unspecified atom stereocenters. The van der Waals surface area contributed by atoms with Gasteiger partial charge in [-0.05, 0) is 12.1 Å². The first-order valence-electron chi connectivity index (χ1n) is 6.30. The Morgan fingerprint density at radius 2 is 1.86 bits per heavy atom. The number of benzene rings is 2. The number of methoxy groups -OCH3 is 1. The van der Waals surface area contributed by atoms with E-state index in [2.05, 4.69) is 10.2 Å². The van der Waals surface area contributed by atoms with Crippen molar-refractivity contribution in [1.82, 2.24) is 10.2 Å². The van der Waals surface area contributed by atoms with Gasteiger partial charge in [0.1, 0.15) is 11.5 Å². The lowest BCUT2D eigenvalue weighted by atomic mass is 10.0. The van der Waals surface area contributed by atoms with Crippen molar-refractivity contribution in [3.8, 4) is 11.3 Å². The van der Waals surface area contributed by atoms with Crippen molar-refractivity contribution in [2.75, 3.05) is 7.11 Å². The Morgan fingerprint density at radius 3 is 2.57 bits per heavy atom. The minimum atomic E-state index is -0.527. The Balaban J connectivity index is 2.35. The molecule has 3 rings (SSSR count). The van der Waals surface area contributed by atoms with Gasteiger partial charge < -0.3 is 4.74 Å². The van der Waals surface area contributed by atoms with Crippen LogP contribution in [0.1, 0.15) is 10.4 Å². The summed E-state index contributed by atoms with van der Waals surface area (Å²) in [6, 6.07) is 13.2. The largest absolute Gasteiger partial charge is 0.465 e. The molecule has 0 fully saturated rings. The molecular formula is C16H11FN2O2. The second-order valence-corrected chi connectivity index (χ2v) is 4.44. The summed E-state index contributed by atoms with van der Waals surface area (Å²) in [5, 5.41) is 8.58. The molecule has 1 aromatic heterocycles. The second kappa shape index (κ2) is 5.28. The minimum Gasteiger partial charge on any atom is -0.465 e. The number of hydrogen-bond donors (Lipinski definition) is 0. The van der Waals surface area contributed by atoms with Crippen LogP contribution < -0.4 is 0 Å². The van der Waals surface area contributed by atoms with Crippen molar-refractivity contribution in [3.05, 3.63) is 59.9 Å². The van der Waals surface area contributed by atoms with Gasteiger partial charge in [-0.2, -0.15) is 0 Å². The average molecular weight is 282 g/mol. The van der Waals surface area contributed by atoms with Crippen LogP contribution in [0.15, 0.2) is 48.5 Å². The molecule has 0 bridgehead atoms. The third-order valence-corrected chi connectivity index (χ3v) is 3.16. The maximum atomic E-state index is 13.3. The highest BCUT2D eigenvalue weighted by molar-refractivity contribution is 6.08. The monoisotopic (exact) mass is 282 g/mol. The molecule has 3 aromatic rings. The summed E-state index contributed by atoms with van der Waals surface area (Å²) in [7, 11) is 1.30. The molecule has 2 aromatic carbocycles. The number of carbonyl (C=O) groups is 1. The molecule has 0 amide bonds. The fourth-order valence-corrected chi connectivity index (χ4v) is 2.19. The van der Waals surface area contributed by atoms with Gasteiger partial charge in [-0.3, -0.25) is 0 Å². The Bertz CT molecular complexity index is 819. The highest BCUT2D eigenvalue weighted by atomic mass is 19.1. The first kappa shape index (κ1) is 13.2. The van der Waals surface area contributed by atoms with Crippen LogP contribution in [-0.2, 0) is 4.74 Å². The number of carbonyl (C=O) groups excluding carboxylic acids is 1. The van der Waals surface area contributed by atoms with Gasteiger partial charge >= 0.3 is 5.97 Å². The summed E-state index contributed by atoms with van der Waals surface area (Å²) in [6.07, 6.45) is 0. The van der Waals surface area contributed by atoms with Crippen LogP contribution in [0.2, 0.25) is 0 Å². The average Bonchev–Trinajstić information content (AvgIpc) is 2.53. The van der Waals surface area contributed by atoms with E-state index in [1.807, 2.05) is 30.3 Å². The van der Waals surface area contributed by atoms with Crippen LogP contribution in [-0.4, -0.2) is 23.3 Å². The van der Waals surface area contributed by atoms with E-state index < -0.39 is 11.8 Å². The lowest BCUT2D eigenvalue weighted by molar-refractivity contribution is 0.0603. The second-order valence-electron chi connectivity index (χ2n) is 4.44. The molecule has 0 radical (unpaired) electrons. The number of hydrogen-bond acceptors (Lipinski definition) is 4. The molecule has 5 heteroatoms. The zero-order chi connectivity index (χ0) is 14.8. The number of fused-ring (bicyclic) bond motifs is 1. The summed E-state index contributed by atoms with van der Waals surface area (Å²) in [6.45, 7) is 0. The van der Waals surface area contributed by atoms with Crippen LogP contribution in [0.5, 0.6) is 0 Å². The van der Waals surface area contributed by atoms with E-state index in [1.165, 1.54) is 25.3 Å². The van der Waals surface area contributed by atoms with E-state index in [1.54, 1.807) is 0 Å². The molecular weight excluding hydrogens is 271 g/mol. The zero-order valence-electron chi connectivity index (χ0n) is 11.2. The van der Waals surface area contributed by atoms with Gasteiger partial charge in [-0.25, -0.2) is 9.18 Å². The SMILES string of the molecule is COC(=O)c1c(-c2ccccc2)nnc2cc(F)ccc12. The normalized spacial score (nSPS) is 10.6. The quantitative estimate of drug-likeness (QED) is 0.677. The lowest BCUT2D eigenvalue weighted by Gasteiger charge is -2.09.